The minimum absolute atomic E-state index is 0.129. The fourth-order valence-electron chi connectivity index (χ4n) is 4.14. The van der Waals surface area contributed by atoms with Gasteiger partial charge in [-0.05, 0) is 43.3 Å². The van der Waals surface area contributed by atoms with Crippen molar-refractivity contribution in [3.8, 4) is 23.0 Å². The molecule has 4 rings (SSSR count). The summed E-state index contributed by atoms with van der Waals surface area (Å²) < 4.78 is 28.1. The summed E-state index contributed by atoms with van der Waals surface area (Å²) in [7, 11) is 6.33. The van der Waals surface area contributed by atoms with E-state index in [0.29, 0.717) is 38.7 Å². The number of nitrogens with zero attached hydrogens (tertiary/aromatic N) is 1. The lowest BCUT2D eigenvalue weighted by atomic mass is 9.97. The lowest BCUT2D eigenvalue weighted by Gasteiger charge is -2.25. The number of ether oxygens (including phenoxy) is 5. The van der Waals surface area contributed by atoms with Gasteiger partial charge >= 0.3 is 0 Å². The summed E-state index contributed by atoms with van der Waals surface area (Å²) in [6.45, 7) is 1.83. The van der Waals surface area contributed by atoms with E-state index >= 15 is 0 Å². The van der Waals surface area contributed by atoms with Gasteiger partial charge in [0.2, 0.25) is 0 Å². The zero-order chi connectivity index (χ0) is 27.8. The number of hydrogen-bond acceptors (Lipinski definition) is 7. The number of fused-ring (bicyclic) bond motifs is 1. The Balaban J connectivity index is 0.000000934. The monoisotopic (exact) mass is 558 g/mol. The van der Waals surface area contributed by atoms with Crippen molar-refractivity contribution in [3.63, 3.8) is 0 Å². The third-order valence-corrected chi connectivity index (χ3v) is 6.01. The second-order valence-electron chi connectivity index (χ2n) is 8.25. The van der Waals surface area contributed by atoms with Crippen molar-refractivity contribution in [1.29, 1.82) is 0 Å². The molecule has 0 bridgehead atoms. The summed E-state index contributed by atoms with van der Waals surface area (Å²) in [6.07, 6.45) is -0.592. The molecule has 1 amide bonds. The number of para-hydroxylation sites is 1. The van der Waals surface area contributed by atoms with E-state index in [1.807, 2.05) is 42.5 Å². The molecule has 0 aromatic heterocycles. The van der Waals surface area contributed by atoms with Crippen LogP contribution in [-0.4, -0.2) is 45.9 Å². The molecule has 0 aliphatic carbocycles. The second kappa shape index (κ2) is 13.3. The van der Waals surface area contributed by atoms with E-state index in [9.17, 15) is 4.79 Å². The molecule has 1 heterocycles. The first-order valence-electron chi connectivity index (χ1n) is 11.6. The molecule has 0 radical (unpaired) electrons. The normalized spacial score (nSPS) is 14.4. The van der Waals surface area contributed by atoms with Crippen LogP contribution in [0, 0.1) is 0 Å². The molecule has 8 nitrogen and oxygen atoms in total. The number of rotatable bonds is 7. The van der Waals surface area contributed by atoms with Gasteiger partial charge in [-0.3, -0.25) is 4.79 Å². The van der Waals surface area contributed by atoms with Crippen molar-refractivity contribution >= 4 is 40.4 Å². The van der Waals surface area contributed by atoms with Gasteiger partial charge in [0.15, 0.2) is 11.5 Å². The highest BCUT2D eigenvalue weighted by molar-refractivity contribution is 7.80. The lowest BCUT2D eigenvalue weighted by molar-refractivity contribution is -0.124. The van der Waals surface area contributed by atoms with E-state index in [0.717, 1.165) is 16.7 Å². The highest BCUT2D eigenvalue weighted by atomic mass is 35.5. The van der Waals surface area contributed by atoms with Crippen LogP contribution < -0.4 is 29.6 Å². The molecular formula is C28H31ClN2O6S. The van der Waals surface area contributed by atoms with Crippen molar-refractivity contribution in [1.82, 2.24) is 0 Å². The van der Waals surface area contributed by atoms with Crippen LogP contribution in [-0.2, 0) is 16.1 Å². The smallest absolute Gasteiger partial charge is 0.253 e. The zero-order valence-electron chi connectivity index (χ0n) is 21.9. The predicted octanol–water partition coefficient (Wildman–Crippen LogP) is 5.32. The van der Waals surface area contributed by atoms with Crippen LogP contribution in [0.3, 0.4) is 0 Å². The van der Waals surface area contributed by atoms with E-state index in [2.05, 4.69) is 12.2 Å². The summed E-state index contributed by atoms with van der Waals surface area (Å²) in [4.78, 5) is 15.5. The quantitative estimate of drug-likeness (QED) is 0.390. The van der Waals surface area contributed by atoms with Gasteiger partial charge < -0.3 is 34.3 Å². The SMILES string of the molecule is CC(N)=S.COc1ccc(CN2C(=O)CO[C@H](c3cccc(OC)c3OC)c3cc(Cl)ccc32)c(OC)c1. The molecular weight excluding hydrogens is 528 g/mol. The van der Waals surface area contributed by atoms with Crippen LogP contribution in [0.2, 0.25) is 5.02 Å². The van der Waals surface area contributed by atoms with Gasteiger partial charge in [-0.25, -0.2) is 0 Å². The number of amides is 1. The van der Waals surface area contributed by atoms with Crippen LogP contribution in [0.25, 0.3) is 0 Å². The Morgan fingerprint density at radius 1 is 1.00 bits per heavy atom. The topological polar surface area (TPSA) is 92.5 Å². The number of thiocarbonyl (C=S) groups is 1. The predicted molar refractivity (Wildman–Crippen MR) is 152 cm³/mol. The van der Waals surface area contributed by atoms with E-state index in [1.54, 1.807) is 52.4 Å². The van der Waals surface area contributed by atoms with Crippen molar-refractivity contribution in [2.75, 3.05) is 39.9 Å². The van der Waals surface area contributed by atoms with Gasteiger partial charge in [0, 0.05) is 27.8 Å². The first-order valence-corrected chi connectivity index (χ1v) is 12.4. The number of hydrogen-bond donors (Lipinski definition) is 1. The molecule has 0 saturated carbocycles. The Hall–Kier alpha value is -3.53. The highest BCUT2D eigenvalue weighted by Crippen LogP contribution is 2.44. The van der Waals surface area contributed by atoms with Gasteiger partial charge in [0.25, 0.3) is 5.91 Å². The molecule has 0 fully saturated rings. The molecule has 1 aliphatic rings. The average Bonchev–Trinajstić information content (AvgIpc) is 3.03. The Morgan fingerprint density at radius 2 is 1.71 bits per heavy atom. The third-order valence-electron chi connectivity index (χ3n) is 5.78. The number of carbonyl (C=O) groups excluding carboxylic acids is 1. The maximum Gasteiger partial charge on any atom is 0.253 e. The Morgan fingerprint density at radius 3 is 2.34 bits per heavy atom. The van der Waals surface area contributed by atoms with Crippen molar-refractivity contribution < 1.29 is 28.5 Å². The van der Waals surface area contributed by atoms with Gasteiger partial charge in [0.1, 0.15) is 24.2 Å². The first-order chi connectivity index (χ1) is 18.2. The van der Waals surface area contributed by atoms with Crippen molar-refractivity contribution in [2.24, 2.45) is 5.73 Å². The fraction of sp³-hybridized carbons (Fsp3) is 0.286. The van der Waals surface area contributed by atoms with Gasteiger partial charge in [-0.2, -0.15) is 0 Å². The standard InChI is InChI=1S/C26H26ClNO6.C2H5NS/c1-30-18-10-8-16(23(13-18)32-3)14-28-21-11-9-17(27)12-20(21)25(34-15-24(28)29)19-6-5-7-22(31-2)26(19)33-4;1-2(3)4/h5-13,25H,14-15H2,1-4H3;1H3,(H2,3,4)/t25-;/m1./s1. The molecule has 0 spiro atoms. The maximum absolute atomic E-state index is 13.3. The number of halogens is 1. The number of nitrogens with two attached hydrogens (primary N) is 1. The first kappa shape index (κ1) is 29.0. The summed E-state index contributed by atoms with van der Waals surface area (Å²) in [5.41, 5.74) is 7.85. The molecule has 2 N–H and O–H groups in total. The Kier molecular flexibility index (Phi) is 10.2. The van der Waals surface area contributed by atoms with Crippen LogP contribution in [0.1, 0.15) is 29.7 Å². The Bertz CT molecular complexity index is 1300. The van der Waals surface area contributed by atoms with Gasteiger partial charge in [0.05, 0.1) is 45.7 Å². The zero-order valence-corrected chi connectivity index (χ0v) is 23.5. The minimum atomic E-state index is -0.592. The molecule has 1 aliphatic heterocycles. The third kappa shape index (κ3) is 6.66. The molecule has 0 saturated heterocycles. The largest absolute Gasteiger partial charge is 0.497 e. The number of carbonyl (C=O) groups is 1. The van der Waals surface area contributed by atoms with E-state index in [4.69, 9.17) is 41.0 Å². The number of anilines is 1. The lowest BCUT2D eigenvalue weighted by Crippen LogP contribution is -2.32. The average molecular weight is 559 g/mol. The van der Waals surface area contributed by atoms with E-state index < -0.39 is 6.10 Å². The van der Waals surface area contributed by atoms with E-state index in [-0.39, 0.29) is 19.1 Å². The molecule has 10 heteroatoms. The van der Waals surface area contributed by atoms with Crippen LogP contribution in [0.4, 0.5) is 5.69 Å². The van der Waals surface area contributed by atoms with E-state index in [1.165, 1.54) is 0 Å². The van der Waals surface area contributed by atoms with Crippen LogP contribution in [0.5, 0.6) is 23.0 Å². The summed E-state index contributed by atoms with van der Waals surface area (Å²) in [5.74, 6) is 2.22. The molecule has 38 heavy (non-hydrogen) atoms. The van der Waals surface area contributed by atoms with Crippen LogP contribution >= 0.6 is 23.8 Å². The summed E-state index contributed by atoms with van der Waals surface area (Å²) in [5, 5.41) is 0.533. The van der Waals surface area contributed by atoms with Crippen molar-refractivity contribution in [2.45, 2.75) is 19.6 Å². The number of benzene rings is 3. The second-order valence-corrected chi connectivity index (χ2v) is 9.33. The summed E-state index contributed by atoms with van der Waals surface area (Å²) >= 11 is 10.7. The minimum Gasteiger partial charge on any atom is -0.497 e. The Labute approximate surface area is 233 Å². The molecule has 1 atom stereocenters. The molecule has 3 aromatic rings. The number of methoxy groups -OCH3 is 4. The highest BCUT2D eigenvalue weighted by Gasteiger charge is 2.32. The van der Waals surface area contributed by atoms with Gasteiger partial charge in [-0.15, -0.1) is 0 Å². The molecule has 3 aromatic carbocycles. The summed E-state index contributed by atoms with van der Waals surface area (Å²) in [6, 6.07) is 16.5. The van der Waals surface area contributed by atoms with Gasteiger partial charge in [-0.1, -0.05) is 36.0 Å². The van der Waals surface area contributed by atoms with Crippen LogP contribution in [0.15, 0.2) is 54.6 Å². The maximum atomic E-state index is 13.3. The molecule has 0 unspecified atom stereocenters. The fourth-order valence-corrected chi connectivity index (χ4v) is 4.32. The van der Waals surface area contributed by atoms with Crippen molar-refractivity contribution in [3.05, 3.63) is 76.3 Å². The molecule has 202 valence electrons.